The smallest absolute Gasteiger partial charge is 0.196 e. The van der Waals surface area contributed by atoms with E-state index in [1.54, 1.807) is 11.3 Å². The van der Waals surface area contributed by atoms with Gasteiger partial charge >= 0.3 is 0 Å². The van der Waals surface area contributed by atoms with Crippen LogP contribution in [0.3, 0.4) is 0 Å². The van der Waals surface area contributed by atoms with Crippen LogP contribution >= 0.6 is 34.0 Å². The van der Waals surface area contributed by atoms with E-state index in [2.05, 4.69) is 98.1 Å². The number of thiophene rings is 3. The number of aromatic nitrogens is 1. The normalized spacial score (nSPS) is 15.4. The van der Waals surface area contributed by atoms with Gasteiger partial charge in [-0.1, -0.05) is 158 Å². The lowest BCUT2D eigenvalue weighted by Crippen LogP contribution is -2.22. The lowest BCUT2D eigenvalue weighted by molar-refractivity contribution is 0.0980. The van der Waals surface area contributed by atoms with Crippen LogP contribution in [0.1, 0.15) is 230 Å². The molecule has 4 atom stereocenters. The van der Waals surface area contributed by atoms with Crippen molar-refractivity contribution in [3.05, 3.63) is 67.4 Å². The van der Waals surface area contributed by atoms with E-state index in [-0.39, 0.29) is 11.6 Å². The molecule has 0 amide bonds. The molecule has 0 bridgehead atoms. The summed E-state index contributed by atoms with van der Waals surface area (Å²) in [7, 11) is 0. The fourth-order valence-corrected chi connectivity index (χ4v) is 14.2. The second kappa shape index (κ2) is 22.4. The molecule has 5 aromatic rings. The Kier molecular flexibility index (Phi) is 17.6. The van der Waals surface area contributed by atoms with Crippen molar-refractivity contribution in [2.75, 3.05) is 0 Å². The molecule has 0 fully saturated rings. The van der Waals surface area contributed by atoms with E-state index < -0.39 is 0 Å². The summed E-state index contributed by atoms with van der Waals surface area (Å²) in [6.07, 6.45) is 24.1. The minimum Gasteiger partial charge on any atom is -0.336 e. The average molecular weight is 882 g/mol. The van der Waals surface area contributed by atoms with Crippen LogP contribution in [0.15, 0.2) is 24.3 Å². The van der Waals surface area contributed by atoms with Crippen LogP contribution in [0.5, 0.6) is 0 Å². The summed E-state index contributed by atoms with van der Waals surface area (Å²) in [5.74, 6) is 2.70. The lowest BCUT2D eigenvalue weighted by Gasteiger charge is -2.29. The molecular formula is C55H79NO2S3. The fourth-order valence-electron chi connectivity index (χ4n) is 10.7. The number of fused-ring (bicyclic) bond motifs is 5. The van der Waals surface area contributed by atoms with Crippen molar-refractivity contribution in [3.63, 3.8) is 0 Å². The molecule has 1 aliphatic carbocycles. The molecule has 4 aromatic heterocycles. The molecule has 0 aliphatic heterocycles. The van der Waals surface area contributed by atoms with E-state index in [1.807, 2.05) is 22.7 Å². The first-order chi connectivity index (χ1) is 29.5. The van der Waals surface area contributed by atoms with Crippen LogP contribution in [0.2, 0.25) is 0 Å². The lowest BCUT2D eigenvalue weighted by atomic mass is 9.78. The number of benzene rings is 1. The van der Waals surface area contributed by atoms with Gasteiger partial charge in [-0.05, 0) is 98.6 Å². The standard InChI is InChI=1S/C55H79NO2S3/c1-11-19-23-37(15-5)28-41-32-44-45(33-42(41)29-38(16-6)24-20-12-2)52(58)50-49(51(44)57)36(10)60-55(50)48-34-47-54(61-48)53-46(27-35(9)59-53)56(47)43(30-39(17-7)25-21-13-3)31-40(18-8)26-22-14-4/h27,32-34,37-40,43H,11-26,28-31H2,1-10H3. The van der Waals surface area contributed by atoms with Gasteiger partial charge in [0.2, 0.25) is 0 Å². The van der Waals surface area contributed by atoms with Crippen LogP contribution in [0.4, 0.5) is 0 Å². The Labute approximate surface area is 382 Å². The zero-order chi connectivity index (χ0) is 43.8. The summed E-state index contributed by atoms with van der Waals surface area (Å²) in [4.78, 5) is 34.5. The van der Waals surface area contributed by atoms with Gasteiger partial charge in [-0.15, -0.1) is 34.0 Å². The van der Waals surface area contributed by atoms with Crippen molar-refractivity contribution in [2.45, 2.75) is 204 Å². The molecule has 4 unspecified atom stereocenters. The Hall–Kier alpha value is -2.54. The van der Waals surface area contributed by atoms with Crippen molar-refractivity contribution in [1.82, 2.24) is 4.57 Å². The number of aryl methyl sites for hydroxylation is 2. The zero-order valence-electron chi connectivity index (χ0n) is 39.8. The molecular weight excluding hydrogens is 803 g/mol. The van der Waals surface area contributed by atoms with Crippen molar-refractivity contribution >= 4 is 66.0 Å². The third kappa shape index (κ3) is 10.5. The summed E-state index contributed by atoms with van der Waals surface area (Å²) in [5, 5.41) is 0. The third-order valence-electron chi connectivity index (χ3n) is 14.6. The maximum Gasteiger partial charge on any atom is 0.196 e. The molecule has 1 aliphatic rings. The topological polar surface area (TPSA) is 39.1 Å². The molecule has 0 saturated heterocycles. The number of hydrogen-bond acceptors (Lipinski definition) is 5. The molecule has 4 heterocycles. The first-order valence-corrected chi connectivity index (χ1v) is 27.4. The predicted octanol–water partition coefficient (Wildman–Crippen LogP) is 18.3. The largest absolute Gasteiger partial charge is 0.336 e. The Bertz CT molecular complexity index is 2210. The molecule has 3 nitrogen and oxygen atoms in total. The molecule has 0 saturated carbocycles. The molecule has 61 heavy (non-hydrogen) atoms. The van der Waals surface area contributed by atoms with Crippen LogP contribution in [0.25, 0.3) is 30.2 Å². The van der Waals surface area contributed by atoms with Crippen molar-refractivity contribution < 1.29 is 9.59 Å². The SMILES string of the molecule is CCCCC(CC)Cc1cc2c(cc1CC(CC)CCCC)C(=O)c1c(-c3cc4c(s3)c3sc(C)cc3n4C(CC(CC)CCCC)CC(CC)CCCC)sc(C)c1C2=O. The van der Waals surface area contributed by atoms with E-state index in [0.29, 0.717) is 52.0 Å². The maximum atomic E-state index is 15.2. The van der Waals surface area contributed by atoms with Gasteiger partial charge in [0.05, 0.1) is 30.9 Å². The highest BCUT2D eigenvalue weighted by molar-refractivity contribution is 7.30. The Morgan fingerprint density at radius 1 is 0.525 bits per heavy atom. The van der Waals surface area contributed by atoms with E-state index in [1.165, 1.54) is 139 Å². The van der Waals surface area contributed by atoms with Gasteiger partial charge in [-0.3, -0.25) is 9.59 Å². The van der Waals surface area contributed by atoms with Crippen LogP contribution < -0.4 is 0 Å². The molecule has 6 heteroatoms. The van der Waals surface area contributed by atoms with E-state index in [9.17, 15) is 4.79 Å². The maximum absolute atomic E-state index is 15.2. The minimum absolute atomic E-state index is 0.0503. The summed E-state index contributed by atoms with van der Waals surface area (Å²) in [6.45, 7) is 23.0. The van der Waals surface area contributed by atoms with E-state index >= 15 is 4.79 Å². The highest BCUT2D eigenvalue weighted by atomic mass is 32.1. The number of rotatable bonds is 26. The third-order valence-corrected chi connectivity index (χ3v) is 18.2. The summed E-state index contributed by atoms with van der Waals surface area (Å²) in [6, 6.07) is 9.67. The number of ketones is 2. The first-order valence-electron chi connectivity index (χ1n) is 25.0. The monoisotopic (exact) mass is 882 g/mol. The second-order valence-electron chi connectivity index (χ2n) is 19.0. The molecule has 1 aromatic carbocycles. The molecule has 0 spiro atoms. The van der Waals surface area contributed by atoms with Gasteiger partial charge in [-0.25, -0.2) is 0 Å². The van der Waals surface area contributed by atoms with Crippen LogP contribution in [-0.2, 0) is 12.8 Å². The van der Waals surface area contributed by atoms with Crippen molar-refractivity contribution in [2.24, 2.45) is 23.7 Å². The van der Waals surface area contributed by atoms with Crippen LogP contribution in [0, 0.1) is 37.5 Å². The van der Waals surface area contributed by atoms with Crippen molar-refractivity contribution in [3.8, 4) is 9.75 Å². The van der Waals surface area contributed by atoms with Crippen molar-refractivity contribution in [1.29, 1.82) is 0 Å². The van der Waals surface area contributed by atoms with E-state index in [4.69, 9.17) is 0 Å². The van der Waals surface area contributed by atoms with Gasteiger partial charge in [0, 0.05) is 37.4 Å². The molecule has 0 radical (unpaired) electrons. The van der Waals surface area contributed by atoms with Gasteiger partial charge in [0.1, 0.15) is 0 Å². The Morgan fingerprint density at radius 3 is 1.44 bits per heavy atom. The second-order valence-corrected chi connectivity index (χ2v) is 22.6. The van der Waals surface area contributed by atoms with E-state index in [0.717, 1.165) is 40.3 Å². The number of unbranched alkanes of at least 4 members (excludes halogenated alkanes) is 4. The molecule has 0 N–H and O–H groups in total. The zero-order valence-corrected chi connectivity index (χ0v) is 42.3. The Balaban J connectivity index is 1.47. The predicted molar refractivity (Wildman–Crippen MR) is 270 cm³/mol. The summed E-state index contributed by atoms with van der Waals surface area (Å²) >= 11 is 5.45. The minimum atomic E-state index is 0.0503. The van der Waals surface area contributed by atoms with Gasteiger partial charge in [-0.2, -0.15) is 0 Å². The first kappa shape index (κ1) is 47.9. The van der Waals surface area contributed by atoms with Crippen LogP contribution in [-0.4, -0.2) is 16.1 Å². The molecule has 6 rings (SSSR count). The van der Waals surface area contributed by atoms with Gasteiger partial charge < -0.3 is 4.57 Å². The number of carbonyl (C=O) groups excluding carboxylic acids is 2. The Morgan fingerprint density at radius 2 is 0.967 bits per heavy atom. The number of nitrogens with zero attached hydrogens (tertiary/aromatic N) is 1. The van der Waals surface area contributed by atoms with Gasteiger partial charge in [0.25, 0.3) is 0 Å². The van der Waals surface area contributed by atoms with Gasteiger partial charge in [0.15, 0.2) is 11.6 Å². The quantitative estimate of drug-likeness (QED) is 0.0544. The molecule has 334 valence electrons. The highest BCUT2D eigenvalue weighted by Crippen LogP contribution is 2.50. The average Bonchev–Trinajstić information content (AvgIpc) is 4.02. The summed E-state index contributed by atoms with van der Waals surface area (Å²) < 4.78 is 5.50. The fraction of sp³-hybridized carbons (Fsp3) is 0.636. The number of hydrogen-bond donors (Lipinski definition) is 0. The number of carbonyl (C=O) groups is 2. The summed E-state index contributed by atoms with van der Waals surface area (Å²) in [5.41, 5.74) is 7.93. The highest BCUT2D eigenvalue weighted by Gasteiger charge is 2.37.